The van der Waals surface area contributed by atoms with Gasteiger partial charge in [-0.15, -0.1) is 0 Å². The van der Waals surface area contributed by atoms with Crippen molar-refractivity contribution in [2.45, 2.75) is 26.1 Å². The van der Waals surface area contributed by atoms with E-state index in [1.807, 2.05) is 18.2 Å². The van der Waals surface area contributed by atoms with Gasteiger partial charge in [-0.25, -0.2) is 9.48 Å². The summed E-state index contributed by atoms with van der Waals surface area (Å²) >= 11 is 0. The number of benzene rings is 1. The predicted molar refractivity (Wildman–Crippen MR) is 72.3 cm³/mol. The molecule has 0 aliphatic heterocycles. The van der Waals surface area contributed by atoms with Gasteiger partial charge in [0, 0.05) is 0 Å². The second-order valence-corrected chi connectivity index (χ2v) is 4.48. The number of carboxylic acid groups (broad SMARTS) is 1. The minimum atomic E-state index is -1.13. The molecule has 1 aromatic carbocycles. The summed E-state index contributed by atoms with van der Waals surface area (Å²) in [4.78, 5) is 11.2. The van der Waals surface area contributed by atoms with E-state index in [4.69, 9.17) is 4.74 Å². The zero-order valence-electron chi connectivity index (χ0n) is 11.2. The Morgan fingerprint density at radius 1 is 1.30 bits per heavy atom. The van der Waals surface area contributed by atoms with E-state index in [2.05, 4.69) is 5.10 Å². The zero-order chi connectivity index (χ0) is 14.7. The van der Waals surface area contributed by atoms with Crippen LogP contribution in [0.5, 0.6) is 5.88 Å². The first-order valence-corrected chi connectivity index (χ1v) is 6.22. The van der Waals surface area contributed by atoms with Crippen LogP contribution < -0.4 is 4.74 Å². The van der Waals surface area contributed by atoms with Gasteiger partial charge in [0.1, 0.15) is 11.7 Å². The van der Waals surface area contributed by atoms with Crippen molar-refractivity contribution in [3.05, 3.63) is 42.1 Å². The van der Waals surface area contributed by atoms with Gasteiger partial charge in [0.15, 0.2) is 0 Å². The van der Waals surface area contributed by atoms with Crippen molar-refractivity contribution < 1.29 is 19.7 Å². The quantitative estimate of drug-likeness (QED) is 0.868. The number of aromatic nitrogens is 2. The number of carbonyl (C=O) groups is 1. The van der Waals surface area contributed by atoms with Crippen molar-refractivity contribution >= 4 is 5.97 Å². The Bertz CT molecular complexity index is 592. The van der Waals surface area contributed by atoms with Crippen molar-refractivity contribution in [2.75, 3.05) is 0 Å². The topological polar surface area (TPSA) is 84.6 Å². The second kappa shape index (κ2) is 5.75. The van der Waals surface area contributed by atoms with Crippen LogP contribution in [0.3, 0.4) is 0 Å². The maximum absolute atomic E-state index is 11.2. The minimum Gasteiger partial charge on any atom is -0.477 e. The van der Waals surface area contributed by atoms with Crippen molar-refractivity contribution in [1.82, 2.24) is 9.78 Å². The SMILES string of the molecule is CC(O)C(C)Oc1c(C(=O)O)cnn1-c1ccccc1. The molecule has 2 N–H and O–H groups in total. The van der Waals surface area contributed by atoms with E-state index in [9.17, 15) is 15.0 Å². The van der Waals surface area contributed by atoms with Crippen LogP contribution in [0.15, 0.2) is 36.5 Å². The van der Waals surface area contributed by atoms with Gasteiger partial charge in [-0.05, 0) is 26.0 Å². The van der Waals surface area contributed by atoms with Crippen LogP contribution in [0.2, 0.25) is 0 Å². The van der Waals surface area contributed by atoms with Gasteiger partial charge in [0.05, 0.1) is 18.0 Å². The lowest BCUT2D eigenvalue weighted by molar-refractivity contribution is 0.0522. The van der Waals surface area contributed by atoms with Crippen LogP contribution in [0, 0.1) is 0 Å². The van der Waals surface area contributed by atoms with Crippen LogP contribution in [-0.4, -0.2) is 38.2 Å². The molecule has 1 heterocycles. The van der Waals surface area contributed by atoms with E-state index in [-0.39, 0.29) is 11.4 Å². The largest absolute Gasteiger partial charge is 0.477 e. The summed E-state index contributed by atoms with van der Waals surface area (Å²) < 4.78 is 6.97. The Kier molecular flexibility index (Phi) is 4.05. The molecule has 2 atom stereocenters. The molecule has 0 aliphatic carbocycles. The van der Waals surface area contributed by atoms with E-state index < -0.39 is 18.2 Å². The summed E-state index contributed by atoms with van der Waals surface area (Å²) in [6.45, 7) is 3.24. The van der Waals surface area contributed by atoms with E-state index in [0.717, 1.165) is 0 Å². The molecule has 0 bridgehead atoms. The van der Waals surface area contributed by atoms with E-state index >= 15 is 0 Å². The molecular weight excluding hydrogens is 260 g/mol. The first kappa shape index (κ1) is 14.1. The molecule has 0 saturated carbocycles. The van der Waals surface area contributed by atoms with Gasteiger partial charge >= 0.3 is 5.97 Å². The number of rotatable bonds is 5. The van der Waals surface area contributed by atoms with Crippen molar-refractivity contribution in [3.63, 3.8) is 0 Å². The Hall–Kier alpha value is -2.34. The predicted octanol–water partition coefficient (Wildman–Crippen LogP) is 1.72. The van der Waals surface area contributed by atoms with Crippen molar-refractivity contribution in [2.24, 2.45) is 0 Å². The van der Waals surface area contributed by atoms with Gasteiger partial charge in [-0.2, -0.15) is 5.10 Å². The summed E-state index contributed by atoms with van der Waals surface area (Å²) in [6, 6.07) is 9.07. The van der Waals surface area contributed by atoms with Gasteiger partial charge in [0.25, 0.3) is 0 Å². The van der Waals surface area contributed by atoms with Crippen LogP contribution in [-0.2, 0) is 0 Å². The third kappa shape index (κ3) is 2.80. The highest BCUT2D eigenvalue weighted by molar-refractivity contribution is 5.90. The average Bonchev–Trinajstić information content (AvgIpc) is 2.83. The normalized spacial score (nSPS) is 13.8. The first-order valence-electron chi connectivity index (χ1n) is 6.22. The summed E-state index contributed by atoms with van der Waals surface area (Å²) in [6.07, 6.45) is -0.0394. The van der Waals surface area contributed by atoms with Crippen molar-refractivity contribution in [3.8, 4) is 11.6 Å². The number of aliphatic hydroxyl groups is 1. The Morgan fingerprint density at radius 3 is 2.50 bits per heavy atom. The minimum absolute atomic E-state index is 0.0404. The number of hydrogen-bond donors (Lipinski definition) is 2. The fourth-order valence-corrected chi connectivity index (χ4v) is 1.62. The Balaban J connectivity index is 2.45. The van der Waals surface area contributed by atoms with E-state index in [0.29, 0.717) is 5.69 Å². The van der Waals surface area contributed by atoms with Gasteiger partial charge in [0.2, 0.25) is 5.88 Å². The van der Waals surface area contributed by atoms with Gasteiger partial charge < -0.3 is 14.9 Å². The maximum atomic E-state index is 11.2. The number of para-hydroxylation sites is 1. The summed E-state index contributed by atoms with van der Waals surface area (Å²) in [5, 5.41) is 22.7. The fraction of sp³-hybridized carbons (Fsp3) is 0.286. The van der Waals surface area contributed by atoms with Crippen LogP contribution in [0.25, 0.3) is 5.69 Å². The molecular formula is C14H16N2O4. The van der Waals surface area contributed by atoms with Crippen LogP contribution in [0.4, 0.5) is 0 Å². The molecule has 0 fully saturated rings. The number of aliphatic hydroxyl groups excluding tert-OH is 1. The highest BCUT2D eigenvalue weighted by atomic mass is 16.5. The summed E-state index contributed by atoms with van der Waals surface area (Å²) in [7, 11) is 0. The lowest BCUT2D eigenvalue weighted by atomic mass is 10.2. The highest BCUT2D eigenvalue weighted by Crippen LogP contribution is 2.24. The number of carboxylic acids is 1. The highest BCUT2D eigenvalue weighted by Gasteiger charge is 2.22. The number of hydrogen-bond acceptors (Lipinski definition) is 4. The van der Waals surface area contributed by atoms with E-state index in [1.165, 1.54) is 10.9 Å². The summed E-state index contributed by atoms with van der Waals surface area (Å²) in [5.41, 5.74) is 0.647. The third-order valence-electron chi connectivity index (χ3n) is 2.93. The molecule has 0 spiro atoms. The molecule has 2 rings (SSSR count). The lowest BCUT2D eigenvalue weighted by Crippen LogP contribution is -2.27. The molecule has 0 saturated heterocycles. The molecule has 0 amide bonds. The van der Waals surface area contributed by atoms with Crippen molar-refractivity contribution in [1.29, 1.82) is 0 Å². The number of ether oxygens (including phenoxy) is 1. The smallest absolute Gasteiger partial charge is 0.342 e. The fourth-order valence-electron chi connectivity index (χ4n) is 1.62. The second-order valence-electron chi connectivity index (χ2n) is 4.48. The average molecular weight is 276 g/mol. The molecule has 6 heteroatoms. The first-order chi connectivity index (χ1) is 9.50. The molecule has 6 nitrogen and oxygen atoms in total. The molecule has 0 radical (unpaired) electrons. The molecule has 2 aromatic rings. The lowest BCUT2D eigenvalue weighted by Gasteiger charge is -2.18. The van der Waals surface area contributed by atoms with Crippen LogP contribution >= 0.6 is 0 Å². The maximum Gasteiger partial charge on any atom is 0.342 e. The van der Waals surface area contributed by atoms with Gasteiger partial charge in [-0.1, -0.05) is 18.2 Å². The monoisotopic (exact) mass is 276 g/mol. The molecule has 2 unspecified atom stereocenters. The molecule has 106 valence electrons. The number of aromatic carboxylic acids is 1. The molecule has 20 heavy (non-hydrogen) atoms. The van der Waals surface area contributed by atoms with Crippen LogP contribution in [0.1, 0.15) is 24.2 Å². The zero-order valence-corrected chi connectivity index (χ0v) is 11.2. The standard InChI is InChI=1S/C14H16N2O4/c1-9(17)10(2)20-13-12(14(18)19)8-15-16(13)11-6-4-3-5-7-11/h3-10,17H,1-2H3,(H,18,19). The molecule has 1 aromatic heterocycles. The molecule has 0 aliphatic rings. The number of nitrogens with zero attached hydrogens (tertiary/aromatic N) is 2. The Morgan fingerprint density at radius 2 is 1.95 bits per heavy atom. The summed E-state index contributed by atoms with van der Waals surface area (Å²) in [5.74, 6) is -1.02. The van der Waals surface area contributed by atoms with E-state index in [1.54, 1.807) is 26.0 Å². The Labute approximate surface area is 116 Å². The third-order valence-corrected chi connectivity index (χ3v) is 2.93. The van der Waals surface area contributed by atoms with Gasteiger partial charge in [-0.3, -0.25) is 0 Å².